The molecule has 0 saturated heterocycles. The fourth-order valence-electron chi connectivity index (χ4n) is 4.76. The summed E-state index contributed by atoms with van der Waals surface area (Å²) in [7, 11) is 0. The predicted octanol–water partition coefficient (Wildman–Crippen LogP) is 7.57. The van der Waals surface area contributed by atoms with Gasteiger partial charge in [-0.1, -0.05) is 83.0 Å². The third-order valence-electron chi connectivity index (χ3n) is 6.75. The van der Waals surface area contributed by atoms with Crippen molar-refractivity contribution < 1.29 is 14.7 Å². The normalized spacial score (nSPS) is 12.8. The van der Waals surface area contributed by atoms with Crippen molar-refractivity contribution in [3.8, 4) is 11.3 Å². The summed E-state index contributed by atoms with van der Waals surface area (Å²) >= 11 is 10.1. The van der Waals surface area contributed by atoms with Crippen LogP contribution in [0.25, 0.3) is 22.2 Å². The van der Waals surface area contributed by atoms with Gasteiger partial charge in [-0.05, 0) is 55.2 Å². The minimum Gasteiger partial charge on any atom is -0.481 e. The molecule has 0 aliphatic carbocycles. The predicted molar refractivity (Wildman–Crippen MR) is 152 cm³/mol. The first-order valence-corrected chi connectivity index (χ1v) is 13.3. The quantitative estimate of drug-likeness (QED) is 0.214. The van der Waals surface area contributed by atoms with Gasteiger partial charge in [-0.15, -0.1) is 0 Å². The Labute approximate surface area is 230 Å². The van der Waals surface area contributed by atoms with Crippen molar-refractivity contribution >= 4 is 50.3 Å². The summed E-state index contributed by atoms with van der Waals surface area (Å²) in [5.74, 6) is -1.06. The van der Waals surface area contributed by atoms with Crippen LogP contribution in [0.5, 0.6) is 0 Å². The maximum Gasteiger partial charge on any atom is 0.303 e. The lowest BCUT2D eigenvalue weighted by Gasteiger charge is -2.31. The van der Waals surface area contributed by atoms with Gasteiger partial charge in [-0.2, -0.15) is 0 Å². The van der Waals surface area contributed by atoms with E-state index in [1.165, 1.54) is 0 Å². The Morgan fingerprint density at radius 1 is 1.05 bits per heavy atom. The molecular formula is C30H28BrClN2O3. The summed E-state index contributed by atoms with van der Waals surface area (Å²) in [6.45, 7) is 4.23. The zero-order valence-corrected chi connectivity index (χ0v) is 23.1. The van der Waals surface area contributed by atoms with Crippen molar-refractivity contribution in [1.82, 2.24) is 10.3 Å². The molecule has 0 radical (unpaired) electrons. The highest BCUT2D eigenvalue weighted by molar-refractivity contribution is 9.10. The van der Waals surface area contributed by atoms with Gasteiger partial charge in [0.05, 0.1) is 16.8 Å². The Morgan fingerprint density at radius 3 is 2.46 bits per heavy atom. The molecule has 0 bridgehead atoms. The molecule has 0 aliphatic heterocycles. The van der Waals surface area contributed by atoms with Crippen LogP contribution in [0.2, 0.25) is 5.02 Å². The van der Waals surface area contributed by atoms with Crippen LogP contribution < -0.4 is 5.32 Å². The number of fused-ring (bicyclic) bond motifs is 1. The van der Waals surface area contributed by atoms with Crippen LogP contribution in [0.3, 0.4) is 0 Å². The molecule has 0 fully saturated rings. The van der Waals surface area contributed by atoms with Crippen molar-refractivity contribution in [2.45, 2.75) is 38.5 Å². The molecule has 1 amide bonds. The van der Waals surface area contributed by atoms with Gasteiger partial charge in [0, 0.05) is 38.8 Å². The molecule has 0 aliphatic rings. The number of carboxylic acid groups (broad SMARTS) is 1. The summed E-state index contributed by atoms with van der Waals surface area (Å²) in [6.07, 6.45) is 1.08. The topological polar surface area (TPSA) is 79.3 Å². The lowest BCUT2D eigenvalue weighted by molar-refractivity contribution is -0.137. The molecule has 190 valence electrons. The van der Waals surface area contributed by atoms with Crippen molar-refractivity contribution in [3.63, 3.8) is 0 Å². The number of pyridine rings is 1. The van der Waals surface area contributed by atoms with E-state index < -0.39 is 11.4 Å². The minimum atomic E-state index is -0.844. The van der Waals surface area contributed by atoms with E-state index in [2.05, 4.69) is 21.2 Å². The van der Waals surface area contributed by atoms with Crippen LogP contribution in [-0.4, -0.2) is 28.5 Å². The first kappa shape index (κ1) is 26.8. The second kappa shape index (κ2) is 11.4. The number of halogens is 2. The highest BCUT2D eigenvalue weighted by atomic mass is 79.9. The van der Waals surface area contributed by atoms with Crippen molar-refractivity contribution in [2.75, 3.05) is 6.54 Å². The van der Waals surface area contributed by atoms with Gasteiger partial charge < -0.3 is 10.4 Å². The van der Waals surface area contributed by atoms with Crippen molar-refractivity contribution in [2.24, 2.45) is 0 Å². The van der Waals surface area contributed by atoms with Gasteiger partial charge in [0.1, 0.15) is 0 Å². The third kappa shape index (κ3) is 6.03. The molecule has 37 heavy (non-hydrogen) atoms. The fourth-order valence-corrected chi connectivity index (χ4v) is 5.49. The van der Waals surface area contributed by atoms with Crippen LogP contribution in [-0.2, 0) is 10.2 Å². The molecule has 3 aromatic carbocycles. The summed E-state index contributed by atoms with van der Waals surface area (Å²) in [6, 6.07) is 23.1. The van der Waals surface area contributed by atoms with E-state index in [4.69, 9.17) is 16.6 Å². The maximum absolute atomic E-state index is 13.8. The highest BCUT2D eigenvalue weighted by Gasteiger charge is 2.30. The van der Waals surface area contributed by atoms with E-state index in [1.54, 1.807) is 0 Å². The number of nitrogens with one attached hydrogen (secondary N) is 1. The molecule has 1 atom stereocenters. The lowest BCUT2D eigenvalue weighted by atomic mass is 9.78. The van der Waals surface area contributed by atoms with Crippen molar-refractivity contribution in [1.29, 1.82) is 0 Å². The molecule has 0 unspecified atom stereocenters. The Hall–Kier alpha value is -3.22. The third-order valence-corrected chi connectivity index (χ3v) is 7.57. The molecule has 2 N–H and O–H groups in total. The lowest BCUT2D eigenvalue weighted by Crippen LogP contribution is -2.39. The Bertz CT molecular complexity index is 1460. The maximum atomic E-state index is 13.8. The van der Waals surface area contributed by atoms with Crippen LogP contribution >= 0.6 is 27.5 Å². The number of rotatable bonds is 9. The smallest absolute Gasteiger partial charge is 0.303 e. The molecular weight excluding hydrogens is 552 g/mol. The number of carboxylic acids is 1. The number of amides is 1. The van der Waals surface area contributed by atoms with E-state index in [1.807, 2.05) is 86.6 Å². The molecule has 0 spiro atoms. The monoisotopic (exact) mass is 578 g/mol. The molecule has 4 aromatic rings. The number of aliphatic carboxylic acids is 1. The number of nitrogens with zero attached hydrogens (tertiary/aromatic N) is 1. The molecule has 1 aromatic heterocycles. The summed E-state index contributed by atoms with van der Waals surface area (Å²) in [4.78, 5) is 29.9. The van der Waals surface area contributed by atoms with E-state index in [-0.39, 0.29) is 12.3 Å². The molecule has 1 heterocycles. The van der Waals surface area contributed by atoms with Crippen molar-refractivity contribution in [3.05, 3.63) is 99.0 Å². The van der Waals surface area contributed by atoms with Gasteiger partial charge in [0.2, 0.25) is 0 Å². The number of benzene rings is 3. The van der Waals surface area contributed by atoms with Gasteiger partial charge in [-0.25, -0.2) is 4.98 Å². The SMILES string of the molecule is Cc1c(-c2ccccc2)nc2ccc(Br)cc2c1C(=O)NC[C@@](C)(CCCC(=O)O)c1ccccc1Cl. The number of carbonyl (C=O) groups excluding carboxylic acids is 1. The van der Waals surface area contributed by atoms with E-state index in [9.17, 15) is 14.7 Å². The van der Waals surface area contributed by atoms with Crippen LogP contribution in [0.4, 0.5) is 0 Å². The first-order valence-electron chi connectivity index (χ1n) is 12.1. The van der Waals surface area contributed by atoms with Crippen LogP contribution in [0.15, 0.2) is 77.3 Å². The zero-order chi connectivity index (χ0) is 26.6. The highest BCUT2D eigenvalue weighted by Crippen LogP contribution is 2.35. The second-order valence-electron chi connectivity index (χ2n) is 9.46. The Balaban J connectivity index is 1.73. The Kier molecular flexibility index (Phi) is 8.30. The standard InChI is InChI=1S/C30H28BrClN2O3/c1-19-27(22-17-21(31)14-15-25(22)34-28(19)20-9-4-3-5-10-20)29(37)33-18-30(2,16-8-13-26(35)36)23-11-6-7-12-24(23)32/h3-7,9-12,14-15,17H,8,13,16,18H2,1-2H3,(H,33,37)(H,35,36)/t30-/m1/s1. The summed E-state index contributed by atoms with van der Waals surface area (Å²) < 4.78 is 0.859. The fraction of sp³-hybridized carbons (Fsp3) is 0.233. The van der Waals surface area contributed by atoms with E-state index >= 15 is 0 Å². The molecule has 0 saturated carbocycles. The number of hydrogen-bond donors (Lipinski definition) is 2. The number of carbonyl (C=O) groups is 2. The summed E-state index contributed by atoms with van der Waals surface area (Å²) in [5, 5.41) is 13.7. The molecule has 5 nitrogen and oxygen atoms in total. The molecule has 7 heteroatoms. The average Bonchev–Trinajstić information content (AvgIpc) is 2.87. The zero-order valence-electron chi connectivity index (χ0n) is 20.7. The number of aromatic nitrogens is 1. The van der Waals surface area contributed by atoms with E-state index in [0.29, 0.717) is 30.0 Å². The number of hydrogen-bond acceptors (Lipinski definition) is 3. The second-order valence-corrected chi connectivity index (χ2v) is 10.8. The summed E-state index contributed by atoms with van der Waals surface area (Å²) in [5.41, 5.74) is 4.11. The van der Waals surface area contributed by atoms with Crippen LogP contribution in [0, 0.1) is 6.92 Å². The van der Waals surface area contributed by atoms with E-state index in [0.717, 1.165) is 37.8 Å². The van der Waals surface area contributed by atoms with Gasteiger partial charge >= 0.3 is 5.97 Å². The van der Waals surface area contributed by atoms with Gasteiger partial charge in [-0.3, -0.25) is 9.59 Å². The Morgan fingerprint density at radius 2 is 1.76 bits per heavy atom. The van der Waals surface area contributed by atoms with Crippen LogP contribution in [0.1, 0.15) is 47.7 Å². The first-order chi connectivity index (χ1) is 17.7. The van der Waals surface area contributed by atoms with Gasteiger partial charge in [0.25, 0.3) is 5.91 Å². The average molecular weight is 580 g/mol. The molecule has 4 rings (SSSR count). The largest absolute Gasteiger partial charge is 0.481 e. The van der Waals surface area contributed by atoms with Gasteiger partial charge in [0.15, 0.2) is 0 Å². The minimum absolute atomic E-state index is 0.0521.